The summed E-state index contributed by atoms with van der Waals surface area (Å²) in [6.07, 6.45) is 6.15. The van der Waals surface area contributed by atoms with Crippen molar-refractivity contribution in [2.45, 2.75) is 98.5 Å². The lowest BCUT2D eigenvalue weighted by molar-refractivity contribution is 0.303. The van der Waals surface area contributed by atoms with Crippen LogP contribution in [0.15, 0.2) is 30.6 Å². The van der Waals surface area contributed by atoms with Gasteiger partial charge in [0.25, 0.3) is 0 Å². The Balaban J connectivity index is 1.68. The Kier molecular flexibility index (Phi) is 8.68. The number of nitrogens with zero attached hydrogens (tertiary/aromatic N) is 2. The zero-order valence-corrected chi connectivity index (χ0v) is 26.6. The number of hydrogen-bond acceptors (Lipinski definition) is 6. The molecule has 3 aromatic rings. The van der Waals surface area contributed by atoms with Crippen LogP contribution in [0.5, 0.6) is 5.75 Å². The molecule has 5 nitrogen and oxygen atoms in total. The summed E-state index contributed by atoms with van der Waals surface area (Å²) < 4.78 is 6.45. The van der Waals surface area contributed by atoms with Crippen molar-refractivity contribution in [2.24, 2.45) is 5.41 Å². The Bertz CT molecular complexity index is 1400. The first-order valence-corrected chi connectivity index (χ1v) is 15.2. The van der Waals surface area contributed by atoms with Gasteiger partial charge < -0.3 is 15.8 Å². The molecule has 0 amide bonds. The van der Waals surface area contributed by atoms with Crippen LogP contribution >= 0.6 is 11.3 Å². The molecule has 6 heteroatoms. The van der Waals surface area contributed by atoms with Crippen LogP contribution in [0.1, 0.15) is 108 Å². The minimum Gasteiger partial charge on any atom is -0.485 e. The lowest BCUT2D eigenvalue weighted by Gasteiger charge is -2.33. The molecule has 1 atom stereocenters. The number of nitrogens with one attached hydrogen (secondary N) is 1. The van der Waals surface area contributed by atoms with Gasteiger partial charge in [0, 0.05) is 41.4 Å². The number of pyridine rings is 1. The molecule has 0 spiro atoms. The van der Waals surface area contributed by atoms with E-state index < -0.39 is 0 Å². The molecule has 1 aromatic carbocycles. The zero-order chi connectivity index (χ0) is 29.3. The van der Waals surface area contributed by atoms with Crippen LogP contribution in [-0.4, -0.2) is 23.1 Å². The van der Waals surface area contributed by atoms with E-state index in [9.17, 15) is 0 Å². The smallest absolute Gasteiger partial charge is 0.166 e. The number of piperidine rings is 1. The van der Waals surface area contributed by atoms with Crippen LogP contribution in [0.25, 0.3) is 10.4 Å². The Labute approximate surface area is 245 Å². The first kappa shape index (κ1) is 30.1. The van der Waals surface area contributed by atoms with Gasteiger partial charge in [0.2, 0.25) is 0 Å². The van der Waals surface area contributed by atoms with Crippen LogP contribution < -0.4 is 15.8 Å². The summed E-state index contributed by atoms with van der Waals surface area (Å²) in [6, 6.07) is 6.46. The van der Waals surface area contributed by atoms with E-state index >= 15 is 0 Å². The molecule has 0 radical (unpaired) electrons. The summed E-state index contributed by atoms with van der Waals surface area (Å²) >= 11 is 1.74. The van der Waals surface area contributed by atoms with Crippen LogP contribution in [0, 0.1) is 17.3 Å². The fraction of sp³-hybridized carbons (Fsp3) is 0.529. The van der Waals surface area contributed by atoms with Crippen molar-refractivity contribution in [1.29, 1.82) is 0 Å². The molecule has 0 saturated carbocycles. The number of benzene rings is 1. The van der Waals surface area contributed by atoms with Gasteiger partial charge in [0.05, 0.1) is 9.88 Å². The maximum atomic E-state index is 6.45. The number of hydrogen-bond donors (Lipinski definition) is 2. The fourth-order valence-corrected chi connectivity index (χ4v) is 6.19. The number of thiazole rings is 1. The van der Waals surface area contributed by atoms with E-state index in [1.807, 2.05) is 18.5 Å². The molecule has 1 aliphatic heterocycles. The molecular formula is C34H46N4OS. The molecule has 0 bridgehead atoms. The van der Waals surface area contributed by atoms with Gasteiger partial charge in [-0.25, -0.2) is 9.97 Å². The van der Waals surface area contributed by atoms with E-state index in [0.29, 0.717) is 24.1 Å². The summed E-state index contributed by atoms with van der Waals surface area (Å²) in [5, 5.41) is 4.67. The van der Waals surface area contributed by atoms with Gasteiger partial charge in [-0.2, -0.15) is 0 Å². The Morgan fingerprint density at radius 3 is 2.38 bits per heavy atom. The molecular weight excluding hydrogens is 512 g/mol. The summed E-state index contributed by atoms with van der Waals surface area (Å²) in [6.45, 7) is 22.5. The van der Waals surface area contributed by atoms with Crippen LogP contribution in [0.4, 0.5) is 5.82 Å². The van der Waals surface area contributed by atoms with Crippen molar-refractivity contribution in [2.75, 3.05) is 18.8 Å². The van der Waals surface area contributed by atoms with Crippen molar-refractivity contribution >= 4 is 17.2 Å². The van der Waals surface area contributed by atoms with Crippen LogP contribution in [0.3, 0.4) is 0 Å². The largest absolute Gasteiger partial charge is 0.485 e. The van der Waals surface area contributed by atoms with Gasteiger partial charge in [0.1, 0.15) is 6.61 Å². The number of nitrogen functional groups attached to an aromatic ring is 1. The van der Waals surface area contributed by atoms with Crippen molar-refractivity contribution in [3.8, 4) is 28.0 Å². The SMILES string of the molecule is CC(C)(C)C#Cc1cc(COc2cc(-c3cnc(C4CCCNC4)s3)cnc2N)c(C(C)(C)C)c(C(C)(C)C)c1. The first-order chi connectivity index (χ1) is 18.6. The second-order valence-corrected chi connectivity index (χ2v) is 15.1. The Hall–Kier alpha value is -2.88. The number of rotatable bonds is 5. The number of aromatic nitrogens is 2. The third kappa shape index (κ3) is 7.44. The van der Waals surface area contributed by atoms with E-state index in [4.69, 9.17) is 15.5 Å². The summed E-state index contributed by atoms with van der Waals surface area (Å²) in [5.74, 6) is 8.30. The topological polar surface area (TPSA) is 73.1 Å². The highest BCUT2D eigenvalue weighted by atomic mass is 32.1. The molecule has 4 rings (SSSR count). The van der Waals surface area contributed by atoms with Gasteiger partial charge in [-0.15, -0.1) is 11.3 Å². The van der Waals surface area contributed by atoms with Crippen molar-refractivity contribution in [3.05, 3.63) is 57.9 Å². The highest BCUT2D eigenvalue weighted by molar-refractivity contribution is 7.15. The fourth-order valence-electron chi connectivity index (χ4n) is 5.16. The minimum atomic E-state index is -0.0775. The van der Waals surface area contributed by atoms with Gasteiger partial charge in [-0.1, -0.05) is 53.4 Å². The van der Waals surface area contributed by atoms with Gasteiger partial charge in [0.15, 0.2) is 11.6 Å². The minimum absolute atomic E-state index is 0.0466. The van der Waals surface area contributed by atoms with Crippen molar-refractivity contribution < 1.29 is 4.74 Å². The van der Waals surface area contributed by atoms with E-state index in [1.165, 1.54) is 29.0 Å². The molecule has 40 heavy (non-hydrogen) atoms. The third-order valence-corrected chi connectivity index (χ3v) is 8.29. The Morgan fingerprint density at radius 1 is 1.00 bits per heavy atom. The molecule has 214 valence electrons. The molecule has 3 N–H and O–H groups in total. The second kappa shape index (κ2) is 11.5. The number of anilines is 1. The van der Waals surface area contributed by atoms with E-state index in [1.54, 1.807) is 11.3 Å². The van der Waals surface area contributed by atoms with E-state index in [0.717, 1.165) is 34.7 Å². The van der Waals surface area contributed by atoms with E-state index in [-0.39, 0.29) is 16.2 Å². The standard InChI is InChI=1S/C34H46N4OS/c1-32(2,3)13-12-22-15-25(29(34(7,8)9)26(16-22)33(4,5)6)21-39-27-17-24(19-37-30(27)35)28-20-38-31(40-28)23-11-10-14-36-18-23/h15-17,19-20,23,36H,10-11,14,18,21H2,1-9H3,(H2,35,37). The predicted octanol–water partition coefficient (Wildman–Crippen LogP) is 7.83. The normalized spacial score (nSPS) is 16.4. The average molecular weight is 559 g/mol. The molecule has 1 unspecified atom stereocenters. The van der Waals surface area contributed by atoms with Gasteiger partial charge in [-0.3, -0.25) is 0 Å². The summed E-state index contributed by atoms with van der Waals surface area (Å²) in [4.78, 5) is 10.3. The molecule has 3 heterocycles. The maximum absolute atomic E-state index is 6.45. The number of ether oxygens (including phenoxy) is 1. The molecule has 1 fully saturated rings. The monoisotopic (exact) mass is 558 g/mol. The first-order valence-electron chi connectivity index (χ1n) is 14.4. The number of nitrogens with two attached hydrogens (primary N) is 1. The molecule has 0 aliphatic carbocycles. The predicted molar refractivity (Wildman–Crippen MR) is 169 cm³/mol. The van der Waals surface area contributed by atoms with Gasteiger partial charge in [-0.05, 0) is 85.9 Å². The van der Waals surface area contributed by atoms with Crippen LogP contribution in [0.2, 0.25) is 0 Å². The highest BCUT2D eigenvalue weighted by Crippen LogP contribution is 2.39. The summed E-state index contributed by atoms with van der Waals surface area (Å²) in [5.41, 5.74) is 11.9. The van der Waals surface area contributed by atoms with E-state index in [2.05, 4.69) is 96.6 Å². The highest BCUT2D eigenvalue weighted by Gasteiger charge is 2.29. The lowest BCUT2D eigenvalue weighted by atomic mass is 9.72. The second-order valence-electron chi connectivity index (χ2n) is 14.1. The Morgan fingerprint density at radius 2 is 1.75 bits per heavy atom. The third-order valence-electron chi connectivity index (χ3n) is 7.08. The van der Waals surface area contributed by atoms with Crippen molar-refractivity contribution in [1.82, 2.24) is 15.3 Å². The van der Waals surface area contributed by atoms with Crippen molar-refractivity contribution in [3.63, 3.8) is 0 Å². The molecule has 1 saturated heterocycles. The van der Waals surface area contributed by atoms with Gasteiger partial charge >= 0.3 is 0 Å². The lowest BCUT2D eigenvalue weighted by Crippen LogP contribution is -2.28. The average Bonchev–Trinajstić information content (AvgIpc) is 3.36. The zero-order valence-electron chi connectivity index (χ0n) is 25.8. The quantitative estimate of drug-likeness (QED) is 0.312. The molecule has 1 aliphatic rings. The molecule has 2 aromatic heterocycles. The van der Waals surface area contributed by atoms with Crippen LogP contribution in [-0.2, 0) is 17.4 Å². The summed E-state index contributed by atoms with van der Waals surface area (Å²) in [7, 11) is 0. The maximum Gasteiger partial charge on any atom is 0.166 e.